The Morgan fingerprint density at radius 1 is 1.37 bits per heavy atom. The lowest BCUT2D eigenvalue weighted by molar-refractivity contribution is -0.142. The number of hydrogen-bond acceptors (Lipinski definition) is 4. The van der Waals surface area contributed by atoms with E-state index in [2.05, 4.69) is 21.4 Å². The molecule has 2 aliphatic carbocycles. The fourth-order valence-corrected chi connectivity index (χ4v) is 3.24. The van der Waals surface area contributed by atoms with E-state index in [9.17, 15) is 9.90 Å². The predicted octanol–water partition coefficient (Wildman–Crippen LogP) is 2.47. The zero-order chi connectivity index (χ0) is 13.6. The first-order valence-corrected chi connectivity index (χ1v) is 6.67. The molecule has 1 fully saturated rings. The highest BCUT2D eigenvalue weighted by atomic mass is 35.5. The number of allylic oxidation sites excluding steroid dienone is 1. The van der Waals surface area contributed by atoms with E-state index in [1.165, 1.54) is 6.20 Å². The van der Waals surface area contributed by atoms with E-state index < -0.39 is 11.9 Å². The number of halogens is 2. The maximum Gasteiger partial charge on any atom is 0.309 e. The van der Waals surface area contributed by atoms with Crippen LogP contribution in [0.2, 0.25) is 10.3 Å². The van der Waals surface area contributed by atoms with Crippen LogP contribution in [0.25, 0.3) is 0 Å². The summed E-state index contributed by atoms with van der Waals surface area (Å²) in [7, 11) is 0. The number of aromatic nitrogens is 2. The molecular formula is C12H11Cl2N3O2. The molecule has 0 amide bonds. The summed E-state index contributed by atoms with van der Waals surface area (Å²) in [5.41, 5.74) is 0. The minimum absolute atomic E-state index is 0.0797. The zero-order valence-corrected chi connectivity index (χ0v) is 11.3. The topological polar surface area (TPSA) is 75.1 Å². The molecule has 5 nitrogen and oxygen atoms in total. The van der Waals surface area contributed by atoms with E-state index >= 15 is 0 Å². The summed E-state index contributed by atoms with van der Waals surface area (Å²) >= 11 is 11.7. The number of fused-ring (bicyclic) bond motifs is 2. The van der Waals surface area contributed by atoms with Crippen molar-refractivity contribution in [1.29, 1.82) is 0 Å². The molecule has 1 heterocycles. The second-order valence-corrected chi connectivity index (χ2v) is 5.56. The Hall–Kier alpha value is -1.33. The van der Waals surface area contributed by atoms with Crippen LogP contribution in [0, 0.1) is 17.8 Å². The highest BCUT2D eigenvalue weighted by Crippen LogP contribution is 2.45. The lowest BCUT2D eigenvalue weighted by Gasteiger charge is -2.26. The summed E-state index contributed by atoms with van der Waals surface area (Å²) in [5.74, 6) is -0.601. The van der Waals surface area contributed by atoms with Gasteiger partial charge in [0.15, 0.2) is 0 Å². The van der Waals surface area contributed by atoms with Crippen LogP contribution in [0.1, 0.15) is 6.42 Å². The summed E-state index contributed by atoms with van der Waals surface area (Å²) in [6.45, 7) is 0. The van der Waals surface area contributed by atoms with E-state index in [4.69, 9.17) is 23.2 Å². The van der Waals surface area contributed by atoms with Gasteiger partial charge in [0.25, 0.3) is 0 Å². The number of nitrogens with zero attached hydrogens (tertiary/aromatic N) is 2. The molecule has 1 aromatic heterocycles. The van der Waals surface area contributed by atoms with Crippen molar-refractivity contribution in [3.63, 3.8) is 0 Å². The van der Waals surface area contributed by atoms with Crippen molar-refractivity contribution in [2.45, 2.75) is 12.5 Å². The van der Waals surface area contributed by atoms with Gasteiger partial charge >= 0.3 is 5.97 Å². The number of carboxylic acid groups (broad SMARTS) is 1. The van der Waals surface area contributed by atoms with Gasteiger partial charge in [0, 0.05) is 6.04 Å². The van der Waals surface area contributed by atoms with Crippen molar-refractivity contribution in [2.75, 3.05) is 5.32 Å². The van der Waals surface area contributed by atoms with Gasteiger partial charge in [-0.25, -0.2) is 4.98 Å². The molecule has 1 saturated carbocycles. The number of carboxylic acids is 1. The fourth-order valence-electron chi connectivity index (χ4n) is 2.96. The van der Waals surface area contributed by atoms with Crippen LogP contribution < -0.4 is 5.32 Å². The molecule has 2 N–H and O–H groups in total. The van der Waals surface area contributed by atoms with Gasteiger partial charge in [-0.2, -0.15) is 4.98 Å². The molecule has 4 atom stereocenters. The van der Waals surface area contributed by atoms with Gasteiger partial charge in [-0.05, 0) is 29.9 Å². The van der Waals surface area contributed by atoms with Crippen molar-refractivity contribution in [3.05, 3.63) is 28.7 Å². The second kappa shape index (κ2) is 4.65. The normalized spacial score (nSPS) is 31.7. The zero-order valence-electron chi connectivity index (χ0n) is 9.75. The highest BCUT2D eigenvalue weighted by molar-refractivity contribution is 6.33. The molecule has 19 heavy (non-hydrogen) atoms. The molecule has 2 aliphatic rings. The van der Waals surface area contributed by atoms with Crippen LogP contribution in [0.3, 0.4) is 0 Å². The van der Waals surface area contributed by atoms with Crippen molar-refractivity contribution in [2.24, 2.45) is 17.8 Å². The quantitative estimate of drug-likeness (QED) is 0.662. The molecule has 2 bridgehead atoms. The van der Waals surface area contributed by atoms with Crippen molar-refractivity contribution in [3.8, 4) is 0 Å². The van der Waals surface area contributed by atoms with Crippen LogP contribution in [0.5, 0.6) is 0 Å². The molecule has 0 aliphatic heterocycles. The molecular weight excluding hydrogens is 289 g/mol. The highest BCUT2D eigenvalue weighted by Gasteiger charge is 2.48. The van der Waals surface area contributed by atoms with Gasteiger partial charge < -0.3 is 10.4 Å². The number of nitrogens with one attached hydrogen (secondary N) is 1. The van der Waals surface area contributed by atoms with Crippen LogP contribution in [0.4, 0.5) is 5.82 Å². The van der Waals surface area contributed by atoms with E-state index in [0.29, 0.717) is 10.8 Å². The Balaban J connectivity index is 1.88. The van der Waals surface area contributed by atoms with E-state index in [-0.39, 0.29) is 23.2 Å². The lowest BCUT2D eigenvalue weighted by Crippen LogP contribution is -2.38. The molecule has 0 radical (unpaired) electrons. The van der Waals surface area contributed by atoms with Crippen molar-refractivity contribution in [1.82, 2.24) is 9.97 Å². The number of hydrogen-bond donors (Lipinski definition) is 2. The van der Waals surface area contributed by atoms with E-state index in [0.717, 1.165) is 6.42 Å². The molecule has 1 aromatic rings. The third-order valence-corrected chi connectivity index (χ3v) is 4.22. The first kappa shape index (κ1) is 12.7. The molecule has 0 spiro atoms. The van der Waals surface area contributed by atoms with Gasteiger partial charge in [-0.15, -0.1) is 0 Å². The first-order chi connectivity index (χ1) is 9.06. The van der Waals surface area contributed by atoms with Gasteiger partial charge in [0.05, 0.1) is 12.1 Å². The van der Waals surface area contributed by atoms with Crippen LogP contribution in [-0.2, 0) is 4.79 Å². The summed E-state index contributed by atoms with van der Waals surface area (Å²) < 4.78 is 0. The van der Waals surface area contributed by atoms with E-state index in [1.807, 2.05) is 6.08 Å². The first-order valence-electron chi connectivity index (χ1n) is 5.92. The smallest absolute Gasteiger partial charge is 0.309 e. The Kier molecular flexibility index (Phi) is 3.11. The molecule has 0 aromatic carbocycles. The summed E-state index contributed by atoms with van der Waals surface area (Å²) in [6, 6.07) is -0.212. The van der Waals surface area contributed by atoms with Crippen LogP contribution >= 0.6 is 23.2 Å². The Labute approximate surface area is 119 Å². The maximum absolute atomic E-state index is 11.4. The second-order valence-electron chi connectivity index (χ2n) is 4.82. The summed E-state index contributed by atoms with van der Waals surface area (Å²) in [6.07, 6.45) is 6.29. The monoisotopic (exact) mass is 299 g/mol. The average molecular weight is 300 g/mol. The van der Waals surface area contributed by atoms with Gasteiger partial charge in [0.1, 0.15) is 10.8 Å². The van der Waals surface area contributed by atoms with Gasteiger partial charge in [0.2, 0.25) is 5.28 Å². The van der Waals surface area contributed by atoms with Gasteiger partial charge in [-0.1, -0.05) is 23.8 Å². The summed E-state index contributed by atoms with van der Waals surface area (Å²) in [4.78, 5) is 19.2. The van der Waals surface area contributed by atoms with Crippen LogP contribution in [0.15, 0.2) is 18.3 Å². The predicted molar refractivity (Wildman–Crippen MR) is 71.3 cm³/mol. The average Bonchev–Trinajstić information content (AvgIpc) is 2.94. The Morgan fingerprint density at radius 2 is 2.11 bits per heavy atom. The Morgan fingerprint density at radius 3 is 2.84 bits per heavy atom. The van der Waals surface area contributed by atoms with E-state index in [1.54, 1.807) is 0 Å². The Bertz CT molecular complexity index is 564. The van der Waals surface area contributed by atoms with Gasteiger partial charge in [-0.3, -0.25) is 4.79 Å². The largest absolute Gasteiger partial charge is 0.481 e. The number of anilines is 1. The molecule has 7 heteroatoms. The summed E-state index contributed by atoms with van der Waals surface area (Å²) in [5, 5.41) is 12.9. The molecule has 3 rings (SSSR count). The minimum atomic E-state index is -0.800. The fraction of sp³-hybridized carbons (Fsp3) is 0.417. The van der Waals surface area contributed by atoms with Crippen LogP contribution in [-0.4, -0.2) is 27.1 Å². The molecule has 0 saturated heterocycles. The maximum atomic E-state index is 11.4. The number of aliphatic carboxylic acids is 1. The third kappa shape index (κ3) is 2.17. The van der Waals surface area contributed by atoms with Crippen molar-refractivity contribution >= 4 is 35.0 Å². The standard InChI is InChI=1S/C12H11Cl2N3O2/c13-7-4-15-12(14)17-10(7)16-9-6-2-1-5(3-6)8(9)11(18)19/h1-2,4-6,8-9H,3H2,(H,18,19)(H,15,16,17)/t5-,6+,8+,9-/m1/s1. The SMILES string of the molecule is O=C(O)[C@@H]1[C@H](Nc2nc(Cl)ncc2Cl)[C@H]2C=C[C@@H]1C2. The molecule has 0 unspecified atom stereocenters. The number of rotatable bonds is 3. The van der Waals surface area contributed by atoms with Crippen molar-refractivity contribution < 1.29 is 9.90 Å². The lowest BCUT2D eigenvalue weighted by atomic mass is 9.89. The number of carbonyl (C=O) groups is 1. The third-order valence-electron chi connectivity index (χ3n) is 3.76. The minimum Gasteiger partial charge on any atom is -0.481 e. The molecule has 100 valence electrons.